The third-order valence-corrected chi connectivity index (χ3v) is 8.15. The lowest BCUT2D eigenvalue weighted by Crippen LogP contribution is -2.50. The van der Waals surface area contributed by atoms with Gasteiger partial charge in [0.1, 0.15) is 6.10 Å². The molecular formula is C28H38N6O3. The van der Waals surface area contributed by atoms with E-state index < -0.39 is 24.2 Å². The molecule has 1 unspecified atom stereocenters. The zero-order chi connectivity index (χ0) is 25.9. The van der Waals surface area contributed by atoms with E-state index in [1.54, 1.807) is 23.0 Å². The average Bonchev–Trinajstić information content (AvgIpc) is 3.70. The smallest absolute Gasteiger partial charge is 0.289 e. The summed E-state index contributed by atoms with van der Waals surface area (Å²) in [6, 6.07) is 3.24. The average molecular weight is 507 g/mol. The minimum Gasteiger partial charge on any atom is -0.390 e. The summed E-state index contributed by atoms with van der Waals surface area (Å²) in [4.78, 5) is 22.7. The van der Waals surface area contributed by atoms with Gasteiger partial charge in [0.2, 0.25) is 5.82 Å². The van der Waals surface area contributed by atoms with Crippen molar-refractivity contribution in [2.75, 3.05) is 0 Å². The Balaban J connectivity index is 1.47. The molecule has 2 fully saturated rings. The molecule has 3 heterocycles. The number of nitrogens with zero attached hydrogens (tertiary/aromatic N) is 5. The van der Waals surface area contributed by atoms with Crippen LogP contribution in [0.15, 0.2) is 30.7 Å². The summed E-state index contributed by atoms with van der Waals surface area (Å²) in [7, 11) is 0. The summed E-state index contributed by atoms with van der Waals surface area (Å²) >= 11 is 0. The third kappa shape index (κ3) is 5.67. The van der Waals surface area contributed by atoms with E-state index in [4.69, 9.17) is 4.98 Å². The molecule has 0 radical (unpaired) electrons. The molecule has 0 aromatic carbocycles. The summed E-state index contributed by atoms with van der Waals surface area (Å²) < 4.78 is 1.70. The lowest BCUT2D eigenvalue weighted by atomic mass is 9.82. The topological polar surface area (TPSA) is 126 Å². The van der Waals surface area contributed by atoms with Crippen molar-refractivity contribution in [3.63, 3.8) is 0 Å². The van der Waals surface area contributed by atoms with Gasteiger partial charge in [-0.1, -0.05) is 46.0 Å². The zero-order valence-electron chi connectivity index (χ0n) is 21.8. The third-order valence-electron chi connectivity index (χ3n) is 8.15. The first-order valence-electron chi connectivity index (χ1n) is 13.8. The molecule has 0 saturated heterocycles. The molecule has 37 heavy (non-hydrogen) atoms. The number of carbonyl (C=O) groups excluding carboxylic acids is 1. The van der Waals surface area contributed by atoms with Gasteiger partial charge in [-0.3, -0.25) is 14.2 Å². The molecule has 0 bridgehead atoms. The minimum atomic E-state index is -1.01. The van der Waals surface area contributed by atoms with Crippen molar-refractivity contribution < 1.29 is 15.0 Å². The second kappa shape index (κ2) is 11.2. The highest BCUT2D eigenvalue weighted by atomic mass is 16.3. The summed E-state index contributed by atoms with van der Waals surface area (Å²) in [5.74, 6) is 0.394. The number of carbonyl (C=O) groups is 1. The first-order chi connectivity index (χ1) is 18.0. The van der Waals surface area contributed by atoms with Crippen LogP contribution in [0.5, 0.6) is 0 Å². The van der Waals surface area contributed by atoms with E-state index in [0.29, 0.717) is 23.7 Å². The number of amides is 1. The largest absolute Gasteiger partial charge is 0.390 e. The number of aromatic nitrogens is 5. The molecular weight excluding hydrogens is 468 g/mol. The highest BCUT2D eigenvalue weighted by Gasteiger charge is 2.39. The standard InChI is InChI=1S/C28H38N6O3/c1-3-17(2)23-26-32-33-27(34(26)16-22(30-23)20-10-7-13-29-15-20)28(37)31-21(14-18-8-5-4-6-9-18)25(36)24(35)19-11-12-19/h7,10,13,15-19,21,24-25,35-36H,3-6,8-9,11-12,14H2,1-2H3,(H,31,37)/t17?,21-,24-,25+/m0/s1. The van der Waals surface area contributed by atoms with Gasteiger partial charge in [0.15, 0.2) is 5.65 Å². The number of fused-ring (bicyclic) bond motifs is 1. The predicted molar refractivity (Wildman–Crippen MR) is 140 cm³/mol. The maximum absolute atomic E-state index is 13.6. The van der Waals surface area contributed by atoms with E-state index in [1.807, 2.05) is 12.1 Å². The van der Waals surface area contributed by atoms with Crippen LogP contribution in [0.4, 0.5) is 0 Å². The van der Waals surface area contributed by atoms with Crippen molar-refractivity contribution in [1.82, 2.24) is 29.9 Å². The molecule has 3 aromatic heterocycles. The van der Waals surface area contributed by atoms with Gasteiger partial charge >= 0.3 is 0 Å². The van der Waals surface area contributed by atoms with E-state index in [9.17, 15) is 15.0 Å². The monoisotopic (exact) mass is 506 g/mol. The van der Waals surface area contributed by atoms with Crippen LogP contribution in [-0.2, 0) is 0 Å². The fourth-order valence-electron chi connectivity index (χ4n) is 5.50. The molecule has 9 heteroatoms. The molecule has 1 amide bonds. The van der Waals surface area contributed by atoms with Crippen LogP contribution in [0.25, 0.3) is 16.9 Å². The van der Waals surface area contributed by atoms with Gasteiger partial charge in [0.25, 0.3) is 5.91 Å². The van der Waals surface area contributed by atoms with Crippen LogP contribution in [0.1, 0.15) is 93.9 Å². The van der Waals surface area contributed by atoms with Gasteiger partial charge in [-0.25, -0.2) is 4.98 Å². The molecule has 0 spiro atoms. The Morgan fingerprint density at radius 2 is 1.95 bits per heavy atom. The number of aliphatic hydroxyl groups excluding tert-OH is 2. The highest BCUT2D eigenvalue weighted by Crippen LogP contribution is 2.36. The second-order valence-electron chi connectivity index (χ2n) is 10.9. The number of hydrogen-bond donors (Lipinski definition) is 3. The molecule has 2 aliphatic rings. The summed E-state index contributed by atoms with van der Waals surface area (Å²) in [5.41, 5.74) is 2.85. The quantitative estimate of drug-likeness (QED) is 0.381. The lowest BCUT2D eigenvalue weighted by Gasteiger charge is -2.32. The van der Waals surface area contributed by atoms with E-state index in [0.717, 1.165) is 43.4 Å². The van der Waals surface area contributed by atoms with Crippen LogP contribution < -0.4 is 5.32 Å². The summed E-state index contributed by atoms with van der Waals surface area (Å²) in [6.45, 7) is 4.17. The molecule has 3 N–H and O–H groups in total. The fraction of sp³-hybridized carbons (Fsp3) is 0.607. The van der Waals surface area contributed by atoms with Gasteiger partial charge in [-0.2, -0.15) is 0 Å². The Bertz CT molecular complexity index is 1210. The van der Waals surface area contributed by atoms with Crippen LogP contribution in [-0.4, -0.2) is 58.9 Å². The number of hydrogen-bond acceptors (Lipinski definition) is 7. The Hall–Kier alpha value is -2.91. The van der Waals surface area contributed by atoms with Gasteiger partial charge in [-0.05, 0) is 49.7 Å². The Morgan fingerprint density at radius 1 is 1.16 bits per heavy atom. The van der Waals surface area contributed by atoms with Crippen LogP contribution in [0, 0.1) is 11.8 Å². The van der Waals surface area contributed by atoms with Crippen molar-refractivity contribution in [3.8, 4) is 11.3 Å². The Labute approximate surface area is 217 Å². The van der Waals surface area contributed by atoms with Gasteiger partial charge in [-0.15, -0.1) is 10.2 Å². The van der Waals surface area contributed by atoms with E-state index >= 15 is 0 Å². The normalized spacial score (nSPS) is 19.9. The fourth-order valence-corrected chi connectivity index (χ4v) is 5.50. The van der Waals surface area contributed by atoms with Crippen LogP contribution >= 0.6 is 0 Å². The first-order valence-corrected chi connectivity index (χ1v) is 13.8. The van der Waals surface area contributed by atoms with Crippen molar-refractivity contribution in [2.24, 2.45) is 11.8 Å². The van der Waals surface area contributed by atoms with Crippen LogP contribution in [0.2, 0.25) is 0 Å². The van der Waals surface area contributed by atoms with Crippen LogP contribution in [0.3, 0.4) is 0 Å². The number of pyridine rings is 1. The minimum absolute atomic E-state index is 0.112. The van der Waals surface area contributed by atoms with Gasteiger partial charge in [0, 0.05) is 30.1 Å². The number of nitrogens with one attached hydrogen (secondary N) is 1. The van der Waals surface area contributed by atoms with E-state index in [1.165, 1.54) is 19.3 Å². The molecule has 5 rings (SSSR count). The SMILES string of the molecule is CCC(C)c1nc(-c2cccnc2)cn2c(C(=O)N[C@@H](CC3CCCCC3)[C@@H](O)[C@@H](O)C3CC3)nnc12. The molecule has 3 aromatic rings. The van der Waals surface area contributed by atoms with Crippen molar-refractivity contribution in [2.45, 2.75) is 95.8 Å². The molecule has 198 valence electrons. The first kappa shape index (κ1) is 25.7. The zero-order valence-corrected chi connectivity index (χ0v) is 21.8. The molecule has 9 nitrogen and oxygen atoms in total. The Morgan fingerprint density at radius 3 is 2.62 bits per heavy atom. The van der Waals surface area contributed by atoms with Gasteiger partial charge in [0.05, 0.1) is 23.5 Å². The molecule has 4 atom stereocenters. The molecule has 2 saturated carbocycles. The maximum Gasteiger partial charge on any atom is 0.289 e. The van der Waals surface area contributed by atoms with E-state index in [-0.39, 0.29) is 17.7 Å². The summed E-state index contributed by atoms with van der Waals surface area (Å²) in [6.07, 6.45) is 12.5. The van der Waals surface area contributed by atoms with Crippen molar-refractivity contribution in [3.05, 3.63) is 42.2 Å². The number of aliphatic hydroxyl groups is 2. The summed E-state index contributed by atoms with van der Waals surface area (Å²) in [5, 5.41) is 33.5. The molecule has 2 aliphatic carbocycles. The molecule has 0 aliphatic heterocycles. The Kier molecular flexibility index (Phi) is 7.81. The number of rotatable bonds is 10. The maximum atomic E-state index is 13.6. The predicted octanol–water partition coefficient (Wildman–Crippen LogP) is 3.90. The second-order valence-corrected chi connectivity index (χ2v) is 10.9. The van der Waals surface area contributed by atoms with E-state index in [2.05, 4.69) is 34.3 Å². The highest BCUT2D eigenvalue weighted by molar-refractivity contribution is 5.91. The van der Waals surface area contributed by atoms with Gasteiger partial charge < -0.3 is 15.5 Å². The van der Waals surface area contributed by atoms with Crippen molar-refractivity contribution in [1.29, 1.82) is 0 Å². The van der Waals surface area contributed by atoms with Crippen molar-refractivity contribution >= 4 is 11.6 Å². The lowest BCUT2D eigenvalue weighted by molar-refractivity contribution is -0.0203.